The lowest BCUT2D eigenvalue weighted by atomic mass is 9.89. The van der Waals surface area contributed by atoms with Crippen molar-refractivity contribution in [2.45, 2.75) is 6.04 Å². The molecule has 1 atom stereocenters. The van der Waals surface area contributed by atoms with Crippen LogP contribution in [0.2, 0.25) is 5.02 Å². The van der Waals surface area contributed by atoms with E-state index in [1.807, 2.05) is 0 Å². The van der Waals surface area contributed by atoms with Gasteiger partial charge in [0.2, 0.25) is 0 Å². The lowest BCUT2D eigenvalue weighted by molar-refractivity contribution is -0.136. The summed E-state index contributed by atoms with van der Waals surface area (Å²) in [6, 6.07) is 11.6. The Hall–Kier alpha value is -3.32. The van der Waals surface area contributed by atoms with Gasteiger partial charge >= 0.3 is 12.0 Å². The summed E-state index contributed by atoms with van der Waals surface area (Å²) in [5.74, 6) is -0.722. The molecule has 144 valence electrons. The Morgan fingerprint density at radius 3 is 2.43 bits per heavy atom. The van der Waals surface area contributed by atoms with Gasteiger partial charge in [-0.3, -0.25) is 4.79 Å². The van der Waals surface area contributed by atoms with E-state index in [4.69, 9.17) is 21.1 Å². The Morgan fingerprint density at radius 1 is 1.07 bits per heavy atom. The fourth-order valence-corrected chi connectivity index (χ4v) is 3.03. The number of carbonyl (C=O) groups is 3. The molecular formula is C20H17ClN2O5. The summed E-state index contributed by atoms with van der Waals surface area (Å²) in [6.07, 6.45) is 0. The molecule has 7 nitrogen and oxygen atoms in total. The van der Waals surface area contributed by atoms with E-state index in [0.29, 0.717) is 21.9 Å². The number of benzene rings is 2. The van der Waals surface area contributed by atoms with Crippen molar-refractivity contribution in [2.75, 3.05) is 14.2 Å². The number of amides is 2. The fraction of sp³-hybridized carbons (Fsp3) is 0.150. The van der Waals surface area contributed by atoms with E-state index in [-0.39, 0.29) is 11.3 Å². The number of esters is 1. The predicted molar refractivity (Wildman–Crippen MR) is 102 cm³/mol. The van der Waals surface area contributed by atoms with Gasteiger partial charge in [0.1, 0.15) is 11.4 Å². The molecule has 1 aliphatic rings. The Morgan fingerprint density at radius 2 is 1.79 bits per heavy atom. The Kier molecular flexibility index (Phi) is 5.65. The minimum atomic E-state index is -0.874. The summed E-state index contributed by atoms with van der Waals surface area (Å²) in [6.45, 7) is 0. The van der Waals surface area contributed by atoms with Gasteiger partial charge in [-0.1, -0.05) is 23.7 Å². The van der Waals surface area contributed by atoms with Crippen LogP contribution in [-0.2, 0) is 9.53 Å². The van der Waals surface area contributed by atoms with Crippen LogP contribution in [0.3, 0.4) is 0 Å². The highest BCUT2D eigenvalue weighted by atomic mass is 35.5. The maximum absolute atomic E-state index is 13.3. The number of hydrogen-bond donors (Lipinski definition) is 2. The summed E-state index contributed by atoms with van der Waals surface area (Å²) in [5, 5.41) is 5.54. The molecule has 2 aromatic rings. The second-order valence-electron chi connectivity index (χ2n) is 5.92. The van der Waals surface area contributed by atoms with Crippen LogP contribution >= 0.6 is 11.6 Å². The molecule has 0 aromatic heterocycles. The fourth-order valence-electron chi connectivity index (χ4n) is 2.90. The van der Waals surface area contributed by atoms with Gasteiger partial charge in [-0.05, 0) is 42.0 Å². The van der Waals surface area contributed by atoms with Crippen molar-refractivity contribution in [3.63, 3.8) is 0 Å². The largest absolute Gasteiger partial charge is 0.497 e. The number of methoxy groups -OCH3 is 2. The smallest absolute Gasteiger partial charge is 0.355 e. The Bertz CT molecular complexity index is 969. The maximum Gasteiger partial charge on any atom is 0.355 e. The zero-order chi connectivity index (χ0) is 20.3. The van der Waals surface area contributed by atoms with Crippen LogP contribution in [0.1, 0.15) is 22.0 Å². The minimum absolute atomic E-state index is 0.0574. The second-order valence-corrected chi connectivity index (χ2v) is 6.36. The lowest BCUT2D eigenvalue weighted by Gasteiger charge is -2.29. The van der Waals surface area contributed by atoms with Gasteiger partial charge in [0, 0.05) is 10.6 Å². The van der Waals surface area contributed by atoms with Crippen LogP contribution in [0.5, 0.6) is 5.75 Å². The zero-order valence-electron chi connectivity index (χ0n) is 15.1. The van der Waals surface area contributed by atoms with Crippen LogP contribution < -0.4 is 15.4 Å². The normalized spacial score (nSPS) is 16.1. The summed E-state index contributed by atoms with van der Waals surface area (Å²) in [5.41, 5.74) is 0.737. The molecule has 0 bridgehead atoms. The highest BCUT2D eigenvalue weighted by molar-refractivity contribution is 6.30. The summed E-state index contributed by atoms with van der Waals surface area (Å²) >= 11 is 5.90. The lowest BCUT2D eigenvalue weighted by Crippen LogP contribution is -2.47. The third kappa shape index (κ3) is 3.84. The van der Waals surface area contributed by atoms with Crippen LogP contribution in [0, 0.1) is 0 Å². The first kappa shape index (κ1) is 19.4. The third-order valence-electron chi connectivity index (χ3n) is 4.24. The number of urea groups is 1. The van der Waals surface area contributed by atoms with E-state index < -0.39 is 23.8 Å². The summed E-state index contributed by atoms with van der Waals surface area (Å²) in [4.78, 5) is 37.7. The minimum Gasteiger partial charge on any atom is -0.497 e. The average molecular weight is 401 g/mol. The highest BCUT2D eigenvalue weighted by Crippen LogP contribution is 2.31. The van der Waals surface area contributed by atoms with Gasteiger partial charge in [0.15, 0.2) is 5.78 Å². The molecule has 2 N–H and O–H groups in total. The summed E-state index contributed by atoms with van der Waals surface area (Å²) < 4.78 is 9.99. The molecule has 2 amide bonds. The zero-order valence-corrected chi connectivity index (χ0v) is 15.9. The van der Waals surface area contributed by atoms with Crippen molar-refractivity contribution >= 4 is 29.4 Å². The molecule has 8 heteroatoms. The van der Waals surface area contributed by atoms with E-state index in [1.165, 1.54) is 14.2 Å². The van der Waals surface area contributed by atoms with Gasteiger partial charge in [0.25, 0.3) is 0 Å². The van der Waals surface area contributed by atoms with Crippen LogP contribution in [-0.4, -0.2) is 32.0 Å². The number of ketones is 1. The molecule has 3 rings (SSSR count). The standard InChI is InChI=1S/C20H17ClN2O5/c1-27-14-5-3-4-12(10-14)16-15(17(19(25)28-2)23-20(26)22-16)18(24)11-6-8-13(21)9-7-11/h3-10,16H,1-2H3,(H2,22,23,26)/t16-/m0/s1. The number of nitrogens with one attached hydrogen (secondary N) is 2. The molecule has 1 heterocycles. The van der Waals surface area contributed by atoms with Gasteiger partial charge in [0.05, 0.1) is 25.8 Å². The van der Waals surface area contributed by atoms with E-state index in [0.717, 1.165) is 0 Å². The van der Waals surface area contributed by atoms with Gasteiger partial charge < -0.3 is 20.1 Å². The molecule has 2 aromatic carbocycles. The molecule has 0 radical (unpaired) electrons. The van der Waals surface area contributed by atoms with Crippen LogP contribution in [0.15, 0.2) is 59.8 Å². The van der Waals surface area contributed by atoms with Crippen molar-refractivity contribution in [1.29, 1.82) is 0 Å². The predicted octanol–water partition coefficient (Wildman–Crippen LogP) is 3.01. The van der Waals surface area contributed by atoms with Crippen molar-refractivity contribution in [3.8, 4) is 5.75 Å². The molecule has 0 spiro atoms. The SMILES string of the molecule is COC(=O)C1=C(C(=O)c2ccc(Cl)cc2)[C@H](c2cccc(OC)c2)NC(=O)N1. The van der Waals surface area contributed by atoms with Crippen molar-refractivity contribution in [2.24, 2.45) is 0 Å². The maximum atomic E-state index is 13.3. The van der Waals surface area contributed by atoms with Crippen LogP contribution in [0.25, 0.3) is 0 Å². The third-order valence-corrected chi connectivity index (χ3v) is 4.49. The summed E-state index contributed by atoms with van der Waals surface area (Å²) in [7, 11) is 2.68. The molecule has 0 saturated carbocycles. The topological polar surface area (TPSA) is 93.7 Å². The first-order valence-electron chi connectivity index (χ1n) is 8.28. The number of carbonyl (C=O) groups excluding carboxylic acids is 3. The van der Waals surface area contributed by atoms with Crippen molar-refractivity contribution in [3.05, 3.63) is 76.0 Å². The molecule has 0 fully saturated rings. The van der Waals surface area contributed by atoms with Gasteiger partial charge in [-0.15, -0.1) is 0 Å². The average Bonchev–Trinajstić information content (AvgIpc) is 2.72. The Labute approximate surface area is 166 Å². The number of Topliss-reactive ketones (excluding diaryl/α,β-unsaturated/α-hetero) is 1. The molecule has 1 aliphatic heterocycles. The first-order chi connectivity index (χ1) is 13.4. The monoisotopic (exact) mass is 400 g/mol. The second kappa shape index (κ2) is 8.14. The molecular weight excluding hydrogens is 384 g/mol. The van der Waals surface area contributed by atoms with Gasteiger partial charge in [-0.2, -0.15) is 0 Å². The van der Waals surface area contributed by atoms with E-state index >= 15 is 0 Å². The van der Waals surface area contributed by atoms with Crippen LogP contribution in [0.4, 0.5) is 4.79 Å². The Balaban J connectivity index is 2.17. The molecule has 0 saturated heterocycles. The highest BCUT2D eigenvalue weighted by Gasteiger charge is 2.36. The van der Waals surface area contributed by atoms with E-state index in [9.17, 15) is 14.4 Å². The molecule has 28 heavy (non-hydrogen) atoms. The number of ether oxygens (including phenoxy) is 2. The molecule has 0 unspecified atom stereocenters. The van der Waals surface area contributed by atoms with E-state index in [2.05, 4.69) is 10.6 Å². The van der Waals surface area contributed by atoms with Gasteiger partial charge in [-0.25, -0.2) is 9.59 Å². The molecule has 0 aliphatic carbocycles. The van der Waals surface area contributed by atoms with Crippen molar-refractivity contribution < 1.29 is 23.9 Å². The number of rotatable bonds is 5. The van der Waals surface area contributed by atoms with E-state index in [1.54, 1.807) is 48.5 Å². The number of hydrogen-bond acceptors (Lipinski definition) is 5. The number of halogens is 1. The first-order valence-corrected chi connectivity index (χ1v) is 8.66. The quantitative estimate of drug-likeness (QED) is 0.594. The van der Waals surface area contributed by atoms with Crippen molar-refractivity contribution in [1.82, 2.24) is 10.6 Å².